The molecular weight excluding hydrogens is 350 g/mol. The van der Waals surface area contributed by atoms with E-state index in [1.54, 1.807) is 0 Å². The van der Waals surface area contributed by atoms with Gasteiger partial charge in [0, 0.05) is 10.0 Å². The van der Waals surface area contributed by atoms with E-state index in [1.807, 2.05) is 0 Å². The van der Waals surface area contributed by atoms with Crippen molar-refractivity contribution in [3.05, 3.63) is 10.4 Å². The number of carbonyl (C=O) groups excluding carboxylic acids is 1. The van der Waals surface area contributed by atoms with Crippen molar-refractivity contribution in [1.29, 1.82) is 0 Å². The van der Waals surface area contributed by atoms with Gasteiger partial charge in [0.2, 0.25) is 0 Å². The summed E-state index contributed by atoms with van der Waals surface area (Å²) >= 11 is 9.24. The molecule has 0 unspecified atom stereocenters. The molecule has 0 aromatic rings. The van der Waals surface area contributed by atoms with Crippen LogP contribution in [0.5, 0.6) is 0 Å². The van der Waals surface area contributed by atoms with E-state index >= 15 is 0 Å². The van der Waals surface area contributed by atoms with Crippen LogP contribution < -0.4 is 0 Å². The number of halogens is 3. The lowest BCUT2D eigenvalue weighted by Gasteiger charge is -2.09. The summed E-state index contributed by atoms with van der Waals surface area (Å²) in [6.07, 6.45) is -0.963. The van der Waals surface area contributed by atoms with Gasteiger partial charge >= 0.3 is 6.09 Å². The highest BCUT2D eigenvalue weighted by molar-refractivity contribution is 9.39. The number of azide groups is 1. The lowest BCUT2D eigenvalue weighted by Crippen LogP contribution is -2.13. The Labute approximate surface area is 87.5 Å². The predicted octanol–water partition coefficient (Wildman–Crippen LogP) is 3.27. The van der Waals surface area contributed by atoms with Crippen LogP contribution in [0.4, 0.5) is 4.79 Å². The minimum Gasteiger partial charge on any atom is -0.457 e. The summed E-state index contributed by atoms with van der Waals surface area (Å²) in [5, 5.41) is 2.68. The Morgan fingerprint density at radius 1 is 1.64 bits per heavy atom. The number of alkyl halides is 3. The largest absolute Gasteiger partial charge is 0.457 e. The standard InChI is InChI=1S/C3H2Br3N3O2/c4-3(5,6)1-11-2(10)8-9-7/h1H2. The van der Waals surface area contributed by atoms with Crippen LogP contribution in [0.2, 0.25) is 0 Å². The van der Waals surface area contributed by atoms with Gasteiger partial charge in [-0.2, -0.15) is 0 Å². The SMILES string of the molecule is [N-]=[N+]=NC(=O)OCC(Br)(Br)Br. The van der Waals surface area contributed by atoms with Crippen LogP contribution in [0.15, 0.2) is 5.11 Å². The third-order valence-electron chi connectivity index (χ3n) is 0.486. The Bertz CT molecular complexity index is 194. The van der Waals surface area contributed by atoms with Gasteiger partial charge in [0.1, 0.15) is 6.61 Å². The first kappa shape index (κ1) is 11.2. The molecule has 0 rings (SSSR count). The number of hydrogen-bond donors (Lipinski definition) is 0. The highest BCUT2D eigenvalue weighted by Gasteiger charge is 2.19. The summed E-state index contributed by atoms with van der Waals surface area (Å²) in [6, 6.07) is 0. The molecule has 0 aliphatic rings. The Morgan fingerprint density at radius 3 is 2.55 bits per heavy atom. The summed E-state index contributed by atoms with van der Waals surface area (Å²) in [6.45, 7) is 0.00481. The van der Waals surface area contributed by atoms with E-state index in [-0.39, 0.29) is 6.61 Å². The average Bonchev–Trinajstić information content (AvgIpc) is 1.83. The number of amides is 1. The molecule has 0 spiro atoms. The van der Waals surface area contributed by atoms with Gasteiger partial charge < -0.3 is 4.74 Å². The molecule has 62 valence electrons. The Kier molecular flexibility index (Phi) is 5.07. The molecule has 5 nitrogen and oxygen atoms in total. The van der Waals surface area contributed by atoms with E-state index in [9.17, 15) is 4.79 Å². The lowest BCUT2D eigenvalue weighted by molar-refractivity contribution is 0.161. The topological polar surface area (TPSA) is 75.1 Å². The summed E-state index contributed by atoms with van der Waals surface area (Å²) in [5.41, 5.74) is 7.79. The summed E-state index contributed by atoms with van der Waals surface area (Å²) in [7, 11) is 0. The van der Waals surface area contributed by atoms with Crippen LogP contribution >= 0.6 is 47.8 Å². The maximum absolute atomic E-state index is 10.4. The van der Waals surface area contributed by atoms with Crippen LogP contribution in [-0.2, 0) is 4.74 Å². The van der Waals surface area contributed by atoms with E-state index in [2.05, 4.69) is 62.6 Å². The molecule has 0 atom stereocenters. The van der Waals surface area contributed by atoms with Crippen molar-refractivity contribution in [1.82, 2.24) is 0 Å². The molecule has 0 heterocycles. The maximum atomic E-state index is 10.4. The molecule has 8 heteroatoms. The van der Waals surface area contributed by atoms with Crippen molar-refractivity contribution in [3.8, 4) is 0 Å². The van der Waals surface area contributed by atoms with Gasteiger partial charge in [-0.25, -0.2) is 4.79 Å². The third-order valence-corrected chi connectivity index (χ3v) is 1.17. The smallest absolute Gasteiger partial charge is 0.396 e. The van der Waals surface area contributed by atoms with Crippen molar-refractivity contribution in [2.24, 2.45) is 5.11 Å². The van der Waals surface area contributed by atoms with Crippen LogP contribution in [0.1, 0.15) is 0 Å². The summed E-state index contributed by atoms with van der Waals surface area (Å²) in [5.74, 6) is 0. The van der Waals surface area contributed by atoms with Gasteiger partial charge in [0.25, 0.3) is 0 Å². The second-order valence-electron chi connectivity index (χ2n) is 1.36. The quantitative estimate of drug-likeness (QED) is 0.314. The van der Waals surface area contributed by atoms with E-state index in [0.29, 0.717) is 0 Å². The fourth-order valence-corrected chi connectivity index (χ4v) is 0.552. The first-order valence-electron chi connectivity index (χ1n) is 2.24. The molecular formula is C3H2Br3N3O2. The van der Waals surface area contributed by atoms with Gasteiger partial charge in [0.05, 0.1) is 0 Å². The van der Waals surface area contributed by atoms with Crippen LogP contribution in [0.25, 0.3) is 10.4 Å². The van der Waals surface area contributed by atoms with Crippen LogP contribution in [-0.4, -0.2) is 14.8 Å². The molecule has 0 aliphatic heterocycles. The van der Waals surface area contributed by atoms with Crippen LogP contribution in [0, 0.1) is 0 Å². The molecule has 0 bridgehead atoms. The fourth-order valence-electron chi connectivity index (χ4n) is 0.209. The minimum absolute atomic E-state index is 0.00481. The molecule has 11 heavy (non-hydrogen) atoms. The second kappa shape index (κ2) is 4.97. The second-order valence-corrected chi connectivity index (χ2v) is 8.61. The summed E-state index contributed by atoms with van der Waals surface area (Å²) in [4.78, 5) is 12.6. The number of ether oxygens (including phenoxy) is 1. The normalized spacial score (nSPS) is 10.1. The highest BCUT2D eigenvalue weighted by Crippen LogP contribution is 2.33. The fraction of sp³-hybridized carbons (Fsp3) is 0.667. The third kappa shape index (κ3) is 8.12. The van der Waals surface area contributed by atoms with Crippen molar-refractivity contribution in [2.75, 3.05) is 6.61 Å². The first-order valence-corrected chi connectivity index (χ1v) is 4.62. The minimum atomic E-state index is -0.963. The predicted molar refractivity (Wildman–Crippen MR) is 50.0 cm³/mol. The van der Waals surface area contributed by atoms with E-state index in [1.165, 1.54) is 0 Å². The Hall–Kier alpha value is 0.220. The molecule has 0 fully saturated rings. The maximum Gasteiger partial charge on any atom is 0.396 e. The molecule has 0 N–H and O–H groups in total. The zero-order valence-corrected chi connectivity index (χ0v) is 9.76. The highest BCUT2D eigenvalue weighted by atomic mass is 80.0. The van der Waals surface area contributed by atoms with Crippen molar-refractivity contribution >= 4 is 53.9 Å². The number of hydrogen-bond acceptors (Lipinski definition) is 2. The number of rotatable bonds is 1. The Balaban J connectivity index is 3.72. The van der Waals surface area contributed by atoms with Gasteiger partial charge in [0.15, 0.2) is 2.14 Å². The zero-order valence-electron chi connectivity index (χ0n) is 5.00. The van der Waals surface area contributed by atoms with Gasteiger partial charge in [-0.15, -0.1) is 0 Å². The molecule has 0 aromatic heterocycles. The average molecular weight is 352 g/mol. The van der Waals surface area contributed by atoms with E-state index < -0.39 is 8.24 Å². The lowest BCUT2D eigenvalue weighted by atomic mass is 10.9. The molecule has 0 saturated carbocycles. The number of nitrogens with zero attached hydrogens (tertiary/aromatic N) is 3. The van der Waals surface area contributed by atoms with E-state index in [0.717, 1.165) is 0 Å². The van der Waals surface area contributed by atoms with Gasteiger partial charge in [-0.1, -0.05) is 47.8 Å². The molecule has 0 saturated heterocycles. The Morgan fingerprint density at radius 2 is 2.18 bits per heavy atom. The van der Waals surface area contributed by atoms with Crippen molar-refractivity contribution < 1.29 is 9.53 Å². The zero-order chi connectivity index (χ0) is 8.91. The summed E-state index contributed by atoms with van der Waals surface area (Å²) < 4.78 is 3.79. The van der Waals surface area contributed by atoms with Crippen LogP contribution in [0.3, 0.4) is 0 Å². The van der Waals surface area contributed by atoms with Crippen molar-refractivity contribution in [2.45, 2.75) is 2.14 Å². The van der Waals surface area contributed by atoms with Crippen molar-refractivity contribution in [3.63, 3.8) is 0 Å². The number of carbonyl (C=O) groups is 1. The first-order chi connectivity index (χ1) is 4.95. The van der Waals surface area contributed by atoms with Gasteiger partial charge in [-0.05, 0) is 5.53 Å². The molecule has 0 aliphatic carbocycles. The monoisotopic (exact) mass is 349 g/mol. The molecule has 1 amide bonds. The molecule has 0 aromatic carbocycles. The molecule has 0 radical (unpaired) electrons. The van der Waals surface area contributed by atoms with E-state index in [4.69, 9.17) is 5.53 Å². The van der Waals surface area contributed by atoms with Gasteiger partial charge in [-0.3, -0.25) is 0 Å².